The Balaban J connectivity index is 1.49. The fourth-order valence-corrected chi connectivity index (χ4v) is 4.57. The Bertz CT molecular complexity index is 1500. The molecule has 164 valence electrons. The van der Waals surface area contributed by atoms with Crippen LogP contribution in [0.15, 0.2) is 94.9 Å². The molecule has 7 nitrogen and oxygen atoms in total. The summed E-state index contributed by atoms with van der Waals surface area (Å²) in [6.07, 6.45) is 0. The number of carbonyl (C=O) groups excluding carboxylic acids is 1. The number of fused-ring (bicyclic) bond motifs is 3. The second-order valence-corrected chi connectivity index (χ2v) is 8.54. The predicted molar refractivity (Wildman–Crippen MR) is 130 cm³/mol. The molecule has 0 spiro atoms. The first kappa shape index (κ1) is 21.0. The zero-order chi connectivity index (χ0) is 22.8. The van der Waals surface area contributed by atoms with E-state index >= 15 is 0 Å². The third-order valence-electron chi connectivity index (χ3n) is 5.42. The number of hydrogen-bond acceptors (Lipinski definition) is 5. The van der Waals surface area contributed by atoms with Crippen LogP contribution in [0.25, 0.3) is 22.4 Å². The van der Waals surface area contributed by atoms with Crippen molar-refractivity contribution in [3.05, 3.63) is 101 Å². The number of para-hydroxylation sites is 2. The van der Waals surface area contributed by atoms with Crippen molar-refractivity contribution in [2.45, 2.75) is 18.1 Å². The maximum Gasteiger partial charge on any atom is 0.267 e. The van der Waals surface area contributed by atoms with E-state index < -0.39 is 0 Å². The summed E-state index contributed by atoms with van der Waals surface area (Å²) in [5.74, 6) is 0.482. The topological polar surface area (TPSA) is 81.3 Å². The van der Waals surface area contributed by atoms with Gasteiger partial charge in [0.1, 0.15) is 0 Å². The van der Waals surface area contributed by atoms with Crippen LogP contribution in [-0.2, 0) is 4.79 Å². The van der Waals surface area contributed by atoms with Crippen molar-refractivity contribution < 1.29 is 4.79 Å². The van der Waals surface area contributed by atoms with Crippen molar-refractivity contribution in [2.24, 2.45) is 0 Å². The third kappa shape index (κ3) is 4.01. The lowest BCUT2D eigenvalue weighted by Gasteiger charge is -2.14. The monoisotopic (exact) mass is 455 g/mol. The normalized spacial score (nSPS) is 12.2. The Labute approximate surface area is 194 Å². The van der Waals surface area contributed by atoms with Gasteiger partial charge in [0, 0.05) is 0 Å². The van der Waals surface area contributed by atoms with E-state index in [1.165, 1.54) is 11.8 Å². The van der Waals surface area contributed by atoms with Gasteiger partial charge in [-0.25, -0.2) is 4.57 Å². The maximum atomic E-state index is 13.3. The molecule has 0 fully saturated rings. The fraction of sp³-hybridized carbons (Fsp3) is 0.120. The number of carbonyl (C=O) groups is 1. The van der Waals surface area contributed by atoms with Crippen LogP contribution in [-0.4, -0.2) is 30.8 Å². The molecule has 5 rings (SSSR count). The molecule has 0 saturated carbocycles. The number of rotatable bonds is 6. The van der Waals surface area contributed by atoms with Crippen LogP contribution in [0.5, 0.6) is 0 Å². The lowest BCUT2D eigenvalue weighted by molar-refractivity contribution is -0.119. The van der Waals surface area contributed by atoms with Crippen LogP contribution in [0.1, 0.15) is 18.5 Å². The number of thioether (sulfide) groups is 1. The van der Waals surface area contributed by atoms with Crippen molar-refractivity contribution in [2.75, 3.05) is 5.75 Å². The molecule has 33 heavy (non-hydrogen) atoms. The summed E-state index contributed by atoms with van der Waals surface area (Å²) in [7, 11) is 0. The zero-order valence-electron chi connectivity index (χ0n) is 17.9. The largest absolute Gasteiger partial charge is 0.349 e. The Hall–Kier alpha value is -3.91. The minimum atomic E-state index is -0.164. The highest BCUT2D eigenvalue weighted by molar-refractivity contribution is 7.99. The molecule has 0 radical (unpaired) electrons. The first-order chi connectivity index (χ1) is 16.1. The number of nitrogens with zero attached hydrogens (tertiary/aromatic N) is 4. The molecule has 3 aromatic carbocycles. The molecular weight excluding hydrogens is 434 g/mol. The van der Waals surface area contributed by atoms with Gasteiger partial charge in [0.25, 0.3) is 5.56 Å². The molecule has 1 N–H and O–H groups in total. The van der Waals surface area contributed by atoms with E-state index in [1.54, 1.807) is 10.6 Å². The predicted octanol–water partition coefficient (Wildman–Crippen LogP) is 4.00. The molecule has 0 unspecified atom stereocenters. The van der Waals surface area contributed by atoms with Gasteiger partial charge >= 0.3 is 0 Å². The fourth-order valence-electron chi connectivity index (χ4n) is 3.82. The van der Waals surface area contributed by atoms with Crippen LogP contribution >= 0.6 is 11.8 Å². The smallest absolute Gasteiger partial charge is 0.267 e. The average molecular weight is 456 g/mol. The third-order valence-corrected chi connectivity index (χ3v) is 6.35. The Kier molecular flexibility index (Phi) is 5.66. The molecule has 0 bridgehead atoms. The van der Waals surface area contributed by atoms with Gasteiger partial charge in [-0.05, 0) is 36.8 Å². The Morgan fingerprint density at radius 3 is 2.36 bits per heavy atom. The quantitative estimate of drug-likeness (QED) is 0.392. The molecule has 0 aliphatic carbocycles. The molecule has 0 saturated heterocycles. The van der Waals surface area contributed by atoms with E-state index in [4.69, 9.17) is 0 Å². The lowest BCUT2D eigenvalue weighted by Crippen LogP contribution is -2.28. The molecule has 0 aliphatic heterocycles. The van der Waals surface area contributed by atoms with Crippen LogP contribution in [0.2, 0.25) is 0 Å². The van der Waals surface area contributed by atoms with Crippen LogP contribution in [0.4, 0.5) is 0 Å². The van der Waals surface area contributed by atoms with Gasteiger partial charge in [-0.2, -0.15) is 0 Å². The first-order valence-corrected chi connectivity index (χ1v) is 11.5. The van der Waals surface area contributed by atoms with Gasteiger partial charge in [0.05, 0.1) is 28.4 Å². The van der Waals surface area contributed by atoms with Gasteiger partial charge in [-0.15, -0.1) is 10.2 Å². The minimum Gasteiger partial charge on any atom is -0.349 e. The average Bonchev–Trinajstić information content (AvgIpc) is 3.28. The number of aromatic nitrogens is 4. The summed E-state index contributed by atoms with van der Waals surface area (Å²) in [5, 5.41) is 12.8. The molecule has 2 aromatic heterocycles. The summed E-state index contributed by atoms with van der Waals surface area (Å²) in [4.78, 5) is 25.9. The van der Waals surface area contributed by atoms with Crippen molar-refractivity contribution in [3.8, 4) is 5.69 Å². The van der Waals surface area contributed by atoms with Crippen LogP contribution in [0.3, 0.4) is 0 Å². The molecule has 8 heteroatoms. The second kappa shape index (κ2) is 8.91. The molecule has 1 amide bonds. The van der Waals surface area contributed by atoms with E-state index in [-0.39, 0.29) is 23.3 Å². The number of benzene rings is 3. The summed E-state index contributed by atoms with van der Waals surface area (Å²) in [5.41, 5.74) is 2.29. The second-order valence-electron chi connectivity index (χ2n) is 7.60. The maximum absolute atomic E-state index is 13.3. The number of amides is 1. The van der Waals surface area contributed by atoms with E-state index in [9.17, 15) is 9.59 Å². The SMILES string of the molecule is C[C@@H](NC(=O)CSc1nnc2n(-c3ccccc3)c(=O)c3ccccc3n12)c1ccccc1. The lowest BCUT2D eigenvalue weighted by atomic mass is 10.1. The van der Waals surface area contributed by atoms with Crippen molar-refractivity contribution in [3.63, 3.8) is 0 Å². The van der Waals surface area contributed by atoms with Crippen LogP contribution < -0.4 is 10.9 Å². The zero-order valence-corrected chi connectivity index (χ0v) is 18.7. The Morgan fingerprint density at radius 1 is 0.939 bits per heavy atom. The van der Waals surface area contributed by atoms with Crippen molar-refractivity contribution in [1.29, 1.82) is 0 Å². The molecule has 5 aromatic rings. The van der Waals surface area contributed by atoms with Gasteiger partial charge in [0.2, 0.25) is 11.7 Å². The summed E-state index contributed by atoms with van der Waals surface area (Å²) in [6, 6.07) is 26.4. The summed E-state index contributed by atoms with van der Waals surface area (Å²) < 4.78 is 3.39. The van der Waals surface area contributed by atoms with Gasteiger partial charge in [-0.3, -0.25) is 14.0 Å². The number of hydrogen-bond donors (Lipinski definition) is 1. The highest BCUT2D eigenvalue weighted by Crippen LogP contribution is 2.23. The molecular formula is C25H21N5O2S. The standard InChI is InChI=1S/C25H21N5O2S/c1-17(18-10-4-2-5-11-18)26-22(31)16-33-25-28-27-24-29(19-12-6-3-7-13-19)23(32)20-14-8-9-15-21(20)30(24)25/h2-15,17H,16H2,1H3,(H,26,31)/t17-/m1/s1. The summed E-state index contributed by atoms with van der Waals surface area (Å²) >= 11 is 1.29. The highest BCUT2D eigenvalue weighted by atomic mass is 32.2. The highest BCUT2D eigenvalue weighted by Gasteiger charge is 2.19. The van der Waals surface area contributed by atoms with Gasteiger partial charge < -0.3 is 5.32 Å². The van der Waals surface area contributed by atoms with E-state index in [0.717, 1.165) is 5.56 Å². The minimum absolute atomic E-state index is 0.0986. The molecule has 0 aliphatic rings. The van der Waals surface area contributed by atoms with Crippen molar-refractivity contribution in [1.82, 2.24) is 24.5 Å². The first-order valence-electron chi connectivity index (χ1n) is 10.5. The molecule has 2 heterocycles. The van der Waals surface area contributed by atoms with Gasteiger partial charge in [-0.1, -0.05) is 72.4 Å². The Morgan fingerprint density at radius 2 is 1.61 bits per heavy atom. The van der Waals surface area contributed by atoms with E-state index in [1.807, 2.05) is 90.2 Å². The van der Waals surface area contributed by atoms with E-state index in [2.05, 4.69) is 15.5 Å². The molecule has 1 atom stereocenters. The van der Waals surface area contributed by atoms with Crippen LogP contribution in [0, 0.1) is 0 Å². The van der Waals surface area contributed by atoms with Crippen molar-refractivity contribution >= 4 is 34.3 Å². The number of nitrogens with one attached hydrogen (secondary N) is 1. The van der Waals surface area contributed by atoms with E-state index in [0.29, 0.717) is 27.5 Å². The van der Waals surface area contributed by atoms with Gasteiger partial charge in [0.15, 0.2) is 5.16 Å². The summed E-state index contributed by atoms with van der Waals surface area (Å²) in [6.45, 7) is 1.95.